The van der Waals surface area contributed by atoms with Gasteiger partial charge in [-0.15, -0.1) is 0 Å². The first-order chi connectivity index (χ1) is 14.7. The fourth-order valence-electron chi connectivity index (χ4n) is 3.11. The van der Waals surface area contributed by atoms with Gasteiger partial charge in [-0.1, -0.05) is 95.8 Å². The molecule has 0 radical (unpaired) electrons. The SMILES string of the molecule is C=C/C(=C/C(=C\C)N(c1ccccc1)c1ccc(C(F)C(C)(C)C)cc1)C(=C)C.CC. The highest BCUT2D eigenvalue weighted by molar-refractivity contribution is 5.71. The average Bonchev–Trinajstić information content (AvgIpc) is 2.77. The Morgan fingerprint density at radius 2 is 1.48 bits per heavy atom. The van der Waals surface area contributed by atoms with Crippen LogP contribution in [0.5, 0.6) is 0 Å². The summed E-state index contributed by atoms with van der Waals surface area (Å²) in [6, 6.07) is 17.9. The van der Waals surface area contributed by atoms with E-state index in [1.807, 2.05) is 97.0 Å². The molecule has 0 amide bonds. The Labute approximate surface area is 189 Å². The molecule has 0 bridgehead atoms. The van der Waals surface area contributed by atoms with Crippen molar-refractivity contribution in [3.05, 3.63) is 108 Å². The molecule has 2 aromatic rings. The number of rotatable bonds is 7. The Morgan fingerprint density at radius 1 is 0.968 bits per heavy atom. The van der Waals surface area contributed by atoms with E-state index in [0.717, 1.165) is 28.2 Å². The lowest BCUT2D eigenvalue weighted by molar-refractivity contribution is 0.165. The molecule has 2 heteroatoms. The predicted octanol–water partition coefficient (Wildman–Crippen LogP) is 9.50. The van der Waals surface area contributed by atoms with Gasteiger partial charge in [0.1, 0.15) is 6.17 Å². The van der Waals surface area contributed by atoms with E-state index in [-0.39, 0.29) is 0 Å². The fourth-order valence-corrected chi connectivity index (χ4v) is 3.11. The lowest BCUT2D eigenvalue weighted by atomic mass is 9.86. The van der Waals surface area contributed by atoms with Crippen molar-refractivity contribution in [3.8, 4) is 0 Å². The van der Waals surface area contributed by atoms with Crippen LogP contribution in [-0.2, 0) is 0 Å². The van der Waals surface area contributed by atoms with Crippen molar-refractivity contribution in [1.29, 1.82) is 0 Å². The lowest BCUT2D eigenvalue weighted by Crippen LogP contribution is -2.17. The lowest BCUT2D eigenvalue weighted by Gasteiger charge is -2.28. The summed E-state index contributed by atoms with van der Waals surface area (Å²) in [6.07, 6.45) is 4.93. The Hall–Kier alpha value is -2.87. The van der Waals surface area contributed by atoms with Crippen LogP contribution in [0.3, 0.4) is 0 Å². The van der Waals surface area contributed by atoms with Gasteiger partial charge in [0.2, 0.25) is 0 Å². The predicted molar refractivity (Wildman–Crippen MR) is 137 cm³/mol. The molecule has 2 rings (SSSR count). The number of halogens is 1. The van der Waals surface area contributed by atoms with Crippen LogP contribution >= 0.6 is 0 Å². The van der Waals surface area contributed by atoms with Gasteiger partial charge in [-0.2, -0.15) is 0 Å². The quantitative estimate of drug-likeness (QED) is 0.404. The molecule has 31 heavy (non-hydrogen) atoms. The minimum absolute atomic E-state index is 0.432. The topological polar surface area (TPSA) is 3.24 Å². The minimum Gasteiger partial charge on any atom is -0.311 e. The number of para-hydroxylation sites is 1. The second-order valence-electron chi connectivity index (χ2n) is 8.29. The molecule has 0 heterocycles. The van der Waals surface area contributed by atoms with Gasteiger partial charge in [0, 0.05) is 17.1 Å². The van der Waals surface area contributed by atoms with Crippen molar-refractivity contribution >= 4 is 11.4 Å². The Bertz CT molecular complexity index is 896. The van der Waals surface area contributed by atoms with Crippen LogP contribution in [0.4, 0.5) is 15.8 Å². The van der Waals surface area contributed by atoms with Crippen molar-refractivity contribution < 1.29 is 4.39 Å². The van der Waals surface area contributed by atoms with Crippen molar-refractivity contribution in [2.75, 3.05) is 4.90 Å². The molecule has 0 N–H and O–H groups in total. The summed E-state index contributed by atoms with van der Waals surface area (Å²) in [6.45, 7) is 21.7. The molecule has 0 saturated carbocycles. The zero-order valence-corrected chi connectivity index (χ0v) is 20.2. The number of allylic oxidation sites excluding steroid dienone is 5. The van der Waals surface area contributed by atoms with Crippen LogP contribution in [0.25, 0.3) is 0 Å². The van der Waals surface area contributed by atoms with E-state index in [2.05, 4.69) is 42.3 Å². The standard InChI is InChI=1S/C27H32FN.C2H6/c1-8-21(20(3)4)19-23(9-2)29(24-13-11-10-12-14-24)25-17-15-22(16-18-25)26(28)27(5,6)7;1-2/h8-19,26H,1,3H2,2,4-7H3;1-2H3/b21-19-,23-9+;. The van der Waals surface area contributed by atoms with Gasteiger partial charge in [0.25, 0.3) is 0 Å². The maximum atomic E-state index is 14.8. The summed E-state index contributed by atoms with van der Waals surface area (Å²) in [7, 11) is 0. The largest absolute Gasteiger partial charge is 0.311 e. The maximum Gasteiger partial charge on any atom is 0.130 e. The highest BCUT2D eigenvalue weighted by Gasteiger charge is 2.26. The first-order valence-corrected chi connectivity index (χ1v) is 10.9. The zero-order valence-electron chi connectivity index (χ0n) is 20.2. The number of anilines is 2. The van der Waals surface area contributed by atoms with Gasteiger partial charge in [0.15, 0.2) is 0 Å². The summed E-state index contributed by atoms with van der Waals surface area (Å²) in [5.74, 6) is 0. The number of benzene rings is 2. The molecule has 0 spiro atoms. The van der Waals surface area contributed by atoms with Gasteiger partial charge >= 0.3 is 0 Å². The Kier molecular flexibility index (Phi) is 10.2. The van der Waals surface area contributed by atoms with Crippen molar-refractivity contribution in [2.24, 2.45) is 5.41 Å². The first kappa shape index (κ1) is 26.2. The number of hydrogen-bond donors (Lipinski definition) is 0. The van der Waals surface area contributed by atoms with E-state index < -0.39 is 11.6 Å². The third-order valence-electron chi connectivity index (χ3n) is 4.79. The molecule has 2 aromatic carbocycles. The molecule has 1 nitrogen and oxygen atoms in total. The van der Waals surface area contributed by atoms with Crippen molar-refractivity contribution in [1.82, 2.24) is 0 Å². The summed E-state index contributed by atoms with van der Waals surface area (Å²) < 4.78 is 14.8. The average molecular weight is 420 g/mol. The Morgan fingerprint density at radius 3 is 1.90 bits per heavy atom. The van der Waals surface area contributed by atoms with Crippen molar-refractivity contribution in [3.63, 3.8) is 0 Å². The van der Waals surface area contributed by atoms with Crippen LogP contribution < -0.4 is 4.90 Å². The molecule has 0 aliphatic rings. The molecule has 0 saturated heterocycles. The van der Waals surface area contributed by atoms with Crippen molar-refractivity contribution in [2.45, 2.75) is 54.6 Å². The van der Waals surface area contributed by atoms with E-state index in [1.54, 1.807) is 0 Å². The fraction of sp³-hybridized carbons (Fsp3) is 0.310. The van der Waals surface area contributed by atoms with Gasteiger partial charge in [-0.25, -0.2) is 4.39 Å². The highest BCUT2D eigenvalue weighted by Crippen LogP contribution is 2.38. The van der Waals surface area contributed by atoms with E-state index in [1.165, 1.54) is 0 Å². The third-order valence-corrected chi connectivity index (χ3v) is 4.79. The molecule has 0 aliphatic heterocycles. The van der Waals surface area contributed by atoms with E-state index in [4.69, 9.17) is 0 Å². The number of hydrogen-bond acceptors (Lipinski definition) is 1. The summed E-state index contributed by atoms with van der Waals surface area (Å²) in [5, 5.41) is 0. The van der Waals surface area contributed by atoms with Crippen LogP contribution in [0.2, 0.25) is 0 Å². The molecule has 0 aliphatic carbocycles. The summed E-state index contributed by atoms with van der Waals surface area (Å²) in [5.41, 5.74) is 5.19. The van der Waals surface area contributed by atoms with Crippen LogP contribution in [0.1, 0.15) is 60.2 Å². The summed E-state index contributed by atoms with van der Waals surface area (Å²) in [4.78, 5) is 2.15. The molecule has 166 valence electrons. The molecule has 0 fully saturated rings. The second kappa shape index (κ2) is 12.1. The third kappa shape index (κ3) is 7.10. The molecule has 1 unspecified atom stereocenters. The second-order valence-corrected chi connectivity index (χ2v) is 8.29. The monoisotopic (exact) mass is 419 g/mol. The normalized spacial score (nSPS) is 13.0. The van der Waals surface area contributed by atoms with Gasteiger partial charge in [0.05, 0.1) is 0 Å². The van der Waals surface area contributed by atoms with Gasteiger partial charge < -0.3 is 4.90 Å². The molecule has 1 atom stereocenters. The molecular formula is C29H38FN. The first-order valence-electron chi connectivity index (χ1n) is 10.9. The maximum absolute atomic E-state index is 14.8. The number of nitrogens with zero attached hydrogens (tertiary/aromatic N) is 1. The Balaban J connectivity index is 0.00000233. The molecular weight excluding hydrogens is 381 g/mol. The van der Waals surface area contributed by atoms with Gasteiger partial charge in [-0.3, -0.25) is 0 Å². The van der Waals surface area contributed by atoms with E-state index in [0.29, 0.717) is 5.56 Å². The minimum atomic E-state index is -1.02. The van der Waals surface area contributed by atoms with Crippen LogP contribution in [-0.4, -0.2) is 0 Å². The van der Waals surface area contributed by atoms with Crippen LogP contribution in [0.15, 0.2) is 103 Å². The zero-order chi connectivity index (χ0) is 23.6. The summed E-state index contributed by atoms with van der Waals surface area (Å²) >= 11 is 0. The molecule has 0 aromatic heterocycles. The van der Waals surface area contributed by atoms with Crippen LogP contribution in [0, 0.1) is 5.41 Å². The van der Waals surface area contributed by atoms with E-state index >= 15 is 0 Å². The van der Waals surface area contributed by atoms with Gasteiger partial charge in [-0.05, 0) is 60.7 Å². The van der Waals surface area contributed by atoms with E-state index in [9.17, 15) is 4.39 Å². The smallest absolute Gasteiger partial charge is 0.130 e. The number of alkyl halides is 1. The highest BCUT2D eigenvalue weighted by atomic mass is 19.1.